The molecule has 0 aliphatic rings. The van der Waals surface area contributed by atoms with Gasteiger partial charge in [-0.25, -0.2) is 0 Å². The summed E-state index contributed by atoms with van der Waals surface area (Å²) in [6.45, 7) is 7.74. The van der Waals surface area contributed by atoms with Gasteiger partial charge in [-0.1, -0.05) is 11.6 Å². The van der Waals surface area contributed by atoms with Crippen molar-refractivity contribution in [1.82, 2.24) is 0 Å². The van der Waals surface area contributed by atoms with Crippen LogP contribution in [0, 0.1) is 0 Å². The molecule has 0 heterocycles. The van der Waals surface area contributed by atoms with Gasteiger partial charge in [0.2, 0.25) is 0 Å². The largest absolute Gasteiger partial charge is 0.114 e. The average molecular weight is 195 g/mol. The van der Waals surface area contributed by atoms with Gasteiger partial charge in [-0.2, -0.15) is 0 Å². The number of hydrogen-bond acceptors (Lipinski definition) is 2. The summed E-state index contributed by atoms with van der Waals surface area (Å²) in [6.07, 6.45) is 1.88. The molecule has 0 nitrogen and oxygen atoms in total. The molecule has 3 heteroatoms. The van der Waals surface area contributed by atoms with Gasteiger partial charge in [0.25, 0.3) is 0 Å². The molecule has 10 heavy (non-hydrogen) atoms. The molecular formula is C7H11ClS2. The van der Waals surface area contributed by atoms with Gasteiger partial charge in [0.15, 0.2) is 0 Å². The highest BCUT2D eigenvalue weighted by Crippen LogP contribution is 2.33. The van der Waals surface area contributed by atoms with Crippen molar-refractivity contribution in [2.75, 3.05) is 5.75 Å². The Labute approximate surface area is 75.6 Å². The van der Waals surface area contributed by atoms with Crippen molar-refractivity contribution in [3.8, 4) is 0 Å². The molecule has 0 unspecified atom stereocenters. The smallest absolute Gasteiger partial charge is 0.0550 e. The maximum Gasteiger partial charge on any atom is 0.0550 e. The van der Waals surface area contributed by atoms with E-state index < -0.39 is 0 Å². The van der Waals surface area contributed by atoms with E-state index in [0.717, 1.165) is 5.75 Å². The highest BCUT2D eigenvalue weighted by atomic mass is 35.7. The summed E-state index contributed by atoms with van der Waals surface area (Å²) in [7, 11) is 6.89. The first-order valence-corrected chi connectivity index (χ1v) is 5.55. The first-order valence-electron chi connectivity index (χ1n) is 2.92. The van der Waals surface area contributed by atoms with E-state index in [1.807, 2.05) is 6.08 Å². The highest BCUT2D eigenvalue weighted by molar-refractivity contribution is 8.34. The van der Waals surface area contributed by atoms with Crippen molar-refractivity contribution < 1.29 is 0 Å². The summed E-state index contributed by atoms with van der Waals surface area (Å²) in [4.78, 5) is 0. The molecule has 0 amide bonds. The molecule has 58 valence electrons. The van der Waals surface area contributed by atoms with Crippen molar-refractivity contribution in [2.24, 2.45) is 0 Å². The number of thioether (sulfide) groups is 1. The maximum atomic E-state index is 5.60. The van der Waals surface area contributed by atoms with E-state index in [-0.39, 0.29) is 0 Å². The monoisotopic (exact) mass is 194 g/mol. The summed E-state index contributed by atoms with van der Waals surface area (Å²) < 4.78 is 1.18. The highest BCUT2D eigenvalue weighted by Gasteiger charge is 1.97. The van der Waals surface area contributed by atoms with Gasteiger partial charge >= 0.3 is 0 Å². The zero-order valence-electron chi connectivity index (χ0n) is 6.19. The first kappa shape index (κ1) is 10.5. The maximum absolute atomic E-state index is 5.60. The number of hydrogen-bond donors (Lipinski definition) is 0. The normalized spacial score (nSPS) is 9.10. The van der Waals surface area contributed by atoms with Crippen LogP contribution >= 0.6 is 33.4 Å². The summed E-state index contributed by atoms with van der Waals surface area (Å²) >= 11 is 1.72. The van der Waals surface area contributed by atoms with Gasteiger partial charge in [-0.15, -0.1) is 18.3 Å². The van der Waals surface area contributed by atoms with Crippen molar-refractivity contribution in [3.05, 3.63) is 22.5 Å². The molecule has 0 saturated carbocycles. The minimum absolute atomic E-state index is 0.931. The standard InChI is InChI=1S/C7H11ClS2/c1-4-5-9-7(10-8)6(2)3/h4H,1,5H2,2-3H3. The summed E-state index contributed by atoms with van der Waals surface area (Å²) in [5.74, 6) is 0.931. The van der Waals surface area contributed by atoms with Gasteiger partial charge < -0.3 is 0 Å². The molecule has 0 fully saturated rings. The molecule has 0 aromatic carbocycles. The van der Waals surface area contributed by atoms with E-state index >= 15 is 0 Å². The molecule has 0 spiro atoms. The van der Waals surface area contributed by atoms with Crippen molar-refractivity contribution in [3.63, 3.8) is 0 Å². The van der Waals surface area contributed by atoms with E-state index in [2.05, 4.69) is 20.4 Å². The van der Waals surface area contributed by atoms with Crippen molar-refractivity contribution in [1.29, 1.82) is 0 Å². The van der Waals surface area contributed by atoms with Gasteiger partial charge in [0.1, 0.15) is 0 Å². The summed E-state index contributed by atoms with van der Waals surface area (Å²) in [5.41, 5.74) is 1.27. The second-order valence-electron chi connectivity index (χ2n) is 1.96. The molecule has 0 N–H and O–H groups in total. The van der Waals surface area contributed by atoms with Crippen LogP contribution in [-0.2, 0) is 0 Å². The average Bonchev–Trinajstić information content (AvgIpc) is 1.89. The number of halogens is 1. The molecule has 0 aliphatic heterocycles. The van der Waals surface area contributed by atoms with E-state index in [4.69, 9.17) is 10.7 Å². The van der Waals surface area contributed by atoms with Crippen LogP contribution < -0.4 is 0 Å². The van der Waals surface area contributed by atoms with E-state index in [9.17, 15) is 0 Å². The number of rotatable bonds is 4. The second kappa shape index (κ2) is 6.20. The molecule has 0 rings (SSSR count). The Kier molecular flexibility index (Phi) is 6.49. The Hall–Kier alpha value is 0.470. The van der Waals surface area contributed by atoms with Crippen LogP contribution in [0.1, 0.15) is 13.8 Å². The van der Waals surface area contributed by atoms with Crippen LogP contribution in [0.2, 0.25) is 0 Å². The lowest BCUT2D eigenvalue weighted by Gasteiger charge is -2.00. The van der Waals surface area contributed by atoms with Gasteiger partial charge in [0.05, 0.1) is 4.24 Å². The lowest BCUT2D eigenvalue weighted by molar-refractivity contribution is 1.41. The Balaban J connectivity index is 3.84. The molecule has 0 saturated heterocycles. The van der Waals surface area contributed by atoms with E-state index in [1.54, 1.807) is 11.8 Å². The zero-order valence-corrected chi connectivity index (χ0v) is 8.57. The molecule has 0 aromatic rings. The van der Waals surface area contributed by atoms with Crippen molar-refractivity contribution in [2.45, 2.75) is 13.8 Å². The fraction of sp³-hybridized carbons (Fsp3) is 0.429. The Bertz CT molecular complexity index is 137. The Morgan fingerprint density at radius 1 is 1.60 bits per heavy atom. The van der Waals surface area contributed by atoms with Crippen molar-refractivity contribution >= 4 is 33.4 Å². The van der Waals surface area contributed by atoms with Gasteiger partial charge in [-0.3, -0.25) is 0 Å². The number of allylic oxidation sites excluding steroid dienone is 1. The van der Waals surface area contributed by atoms with Crippen LogP contribution in [0.3, 0.4) is 0 Å². The Morgan fingerprint density at radius 2 is 2.20 bits per heavy atom. The minimum Gasteiger partial charge on any atom is -0.114 e. The summed E-state index contributed by atoms with van der Waals surface area (Å²) in [5, 5.41) is 0. The van der Waals surface area contributed by atoms with Crippen LogP contribution in [0.5, 0.6) is 0 Å². The lowest BCUT2D eigenvalue weighted by atomic mass is 10.4. The molecule has 0 aliphatic carbocycles. The van der Waals surface area contributed by atoms with Crippen LogP contribution in [-0.4, -0.2) is 5.75 Å². The lowest BCUT2D eigenvalue weighted by Crippen LogP contribution is -1.73. The minimum atomic E-state index is 0.931. The fourth-order valence-electron chi connectivity index (χ4n) is 0.378. The van der Waals surface area contributed by atoms with Crippen LogP contribution in [0.4, 0.5) is 0 Å². The van der Waals surface area contributed by atoms with E-state index in [1.165, 1.54) is 20.8 Å². The van der Waals surface area contributed by atoms with Crippen LogP contribution in [0.15, 0.2) is 22.5 Å². The second-order valence-corrected chi connectivity index (χ2v) is 4.28. The molecule has 0 bridgehead atoms. The first-order chi connectivity index (χ1) is 4.72. The third-order valence-electron chi connectivity index (χ3n) is 0.811. The fourth-order valence-corrected chi connectivity index (χ4v) is 2.34. The molecule has 0 aromatic heterocycles. The SMILES string of the molecule is C=CCSC(SCl)=C(C)C. The molecule has 0 atom stereocenters. The zero-order chi connectivity index (χ0) is 7.98. The molecular weight excluding hydrogens is 184 g/mol. The predicted molar refractivity (Wildman–Crippen MR) is 54.5 cm³/mol. The Morgan fingerprint density at radius 3 is 2.50 bits per heavy atom. The third-order valence-corrected chi connectivity index (χ3v) is 3.77. The predicted octanol–water partition coefficient (Wildman–Crippen LogP) is 4.04. The third kappa shape index (κ3) is 4.31. The van der Waals surface area contributed by atoms with Crippen LogP contribution in [0.25, 0.3) is 0 Å². The topological polar surface area (TPSA) is 0 Å². The van der Waals surface area contributed by atoms with E-state index in [0.29, 0.717) is 0 Å². The van der Waals surface area contributed by atoms with Gasteiger partial charge in [0, 0.05) is 5.75 Å². The quantitative estimate of drug-likeness (QED) is 0.620. The van der Waals surface area contributed by atoms with Gasteiger partial charge in [-0.05, 0) is 35.5 Å². The molecule has 0 radical (unpaired) electrons. The summed E-state index contributed by atoms with van der Waals surface area (Å²) in [6, 6.07) is 0.